The quantitative estimate of drug-likeness (QED) is 0.0952. The van der Waals surface area contributed by atoms with E-state index in [4.69, 9.17) is 20.9 Å². The van der Waals surface area contributed by atoms with Crippen LogP contribution in [0.4, 0.5) is 0 Å². The number of nitrogens with two attached hydrogens (primary N) is 1. The van der Waals surface area contributed by atoms with Gasteiger partial charge in [0.25, 0.3) is 0 Å². The van der Waals surface area contributed by atoms with Crippen LogP contribution in [0.3, 0.4) is 0 Å². The largest absolute Gasteiger partial charge is 0.493 e. The summed E-state index contributed by atoms with van der Waals surface area (Å²) >= 11 is 1.68. The highest BCUT2D eigenvalue weighted by Crippen LogP contribution is 2.35. The van der Waals surface area contributed by atoms with Gasteiger partial charge in [0.05, 0.1) is 16.8 Å². The Morgan fingerprint density at radius 1 is 1.03 bits per heavy atom. The van der Waals surface area contributed by atoms with Crippen LogP contribution < -0.4 is 21.9 Å². The third-order valence-corrected chi connectivity index (χ3v) is 6.65. The molecule has 1 amide bonds. The summed E-state index contributed by atoms with van der Waals surface area (Å²) in [7, 11) is 0. The van der Waals surface area contributed by atoms with Crippen molar-refractivity contribution in [2.75, 3.05) is 13.2 Å². The molecule has 0 aliphatic rings. The maximum Gasteiger partial charge on any atom is 0.216 e. The van der Waals surface area contributed by atoms with Crippen LogP contribution in [0.1, 0.15) is 68.7 Å². The van der Waals surface area contributed by atoms with E-state index >= 15 is 0 Å². The zero-order valence-corrected chi connectivity index (χ0v) is 24.6. The number of aromatic nitrogens is 1. The van der Waals surface area contributed by atoms with Crippen molar-refractivity contribution in [2.45, 2.75) is 53.4 Å². The molecule has 4 aromatic rings. The van der Waals surface area contributed by atoms with Gasteiger partial charge in [-0.25, -0.2) is 4.98 Å². The maximum atomic E-state index is 11.0. The normalized spacial score (nSPS) is 10.6. The highest BCUT2D eigenvalue weighted by Gasteiger charge is 2.20. The average molecular weight is 550 g/mol. The molecule has 0 aliphatic heterocycles. The minimum atomic E-state index is -0.0281. The van der Waals surface area contributed by atoms with Gasteiger partial charge < -0.3 is 21.9 Å². The number of hydrogen-bond donors (Lipinski definition) is 4. The average Bonchev–Trinajstić information content (AvgIpc) is 3.37. The summed E-state index contributed by atoms with van der Waals surface area (Å²) in [5, 5.41) is 11.6. The minimum absolute atomic E-state index is 0. The zero-order valence-electron chi connectivity index (χ0n) is 23.8. The summed E-state index contributed by atoms with van der Waals surface area (Å²) in [6.45, 7) is 10.7. The molecule has 1 aromatic heterocycles. The van der Waals surface area contributed by atoms with E-state index in [9.17, 15) is 4.79 Å². The lowest BCUT2D eigenvalue weighted by Gasteiger charge is -2.16. The molecule has 0 saturated heterocycles. The van der Waals surface area contributed by atoms with Crippen molar-refractivity contribution in [3.63, 3.8) is 0 Å². The Kier molecular flexibility index (Phi) is 15.1. The number of benzene rings is 3. The highest BCUT2D eigenvalue weighted by atomic mass is 32.1. The number of rotatable bonds is 10. The smallest absolute Gasteiger partial charge is 0.216 e. The van der Waals surface area contributed by atoms with Gasteiger partial charge in [-0.15, -0.1) is 11.3 Å². The molecule has 0 radical (unpaired) electrons. The number of carbonyl (C=O) groups excluding carboxylic acids is 1. The predicted molar refractivity (Wildman–Crippen MR) is 166 cm³/mol. The Morgan fingerprint density at radius 3 is 2.41 bits per heavy atom. The molecule has 7 N–H and O–H groups in total. The van der Waals surface area contributed by atoms with Crippen molar-refractivity contribution in [2.24, 2.45) is 5.73 Å². The van der Waals surface area contributed by atoms with E-state index in [0.717, 1.165) is 44.9 Å². The molecule has 1 heterocycles. The number of hydrogen-bond acceptors (Lipinski definition) is 6. The molecule has 1 unspecified atom stereocenters. The van der Waals surface area contributed by atoms with Gasteiger partial charge >= 0.3 is 0 Å². The number of amides is 1. The van der Waals surface area contributed by atoms with E-state index in [1.165, 1.54) is 12.5 Å². The molecular weight excluding hydrogens is 506 g/mol. The summed E-state index contributed by atoms with van der Waals surface area (Å²) in [4.78, 5) is 15.9. The molecule has 3 aromatic carbocycles. The Bertz CT molecular complexity index is 1290. The van der Waals surface area contributed by atoms with Crippen molar-refractivity contribution in [1.82, 2.24) is 16.5 Å². The van der Waals surface area contributed by atoms with Gasteiger partial charge in [-0.1, -0.05) is 76.2 Å². The summed E-state index contributed by atoms with van der Waals surface area (Å²) in [6, 6.07) is 24.2. The van der Waals surface area contributed by atoms with E-state index in [2.05, 4.69) is 35.6 Å². The fourth-order valence-corrected chi connectivity index (χ4v) is 4.95. The summed E-state index contributed by atoms with van der Waals surface area (Å²) < 4.78 is 6.95. The second kappa shape index (κ2) is 17.7. The second-order valence-corrected chi connectivity index (χ2v) is 9.21. The van der Waals surface area contributed by atoms with Crippen LogP contribution >= 0.6 is 11.3 Å². The number of fused-ring (bicyclic) bond motifs is 1. The Hall–Kier alpha value is -3.75. The molecule has 0 spiro atoms. The number of nitrogens with zero attached hydrogens (tertiary/aromatic N) is 1. The van der Waals surface area contributed by atoms with Gasteiger partial charge in [-0.05, 0) is 48.2 Å². The lowest BCUT2D eigenvalue weighted by molar-refractivity contribution is -0.118. The highest BCUT2D eigenvalue weighted by molar-refractivity contribution is 7.18. The fraction of sp³-hybridized carbons (Fsp3) is 0.323. The van der Waals surface area contributed by atoms with Gasteiger partial charge in [0.15, 0.2) is 0 Å². The number of ether oxygens (including phenoxy) is 1. The van der Waals surface area contributed by atoms with Crippen LogP contribution in [0.2, 0.25) is 0 Å². The van der Waals surface area contributed by atoms with Crippen molar-refractivity contribution >= 4 is 33.3 Å². The third-order valence-electron chi connectivity index (χ3n) is 5.52. The number of thiazole rings is 1. The van der Waals surface area contributed by atoms with Gasteiger partial charge in [0, 0.05) is 24.9 Å². The number of nitrogen functional groups attached to an aromatic ring is 1. The lowest BCUT2D eigenvalue weighted by Crippen LogP contribution is -2.22. The molecule has 0 aliphatic carbocycles. The Morgan fingerprint density at radius 2 is 1.74 bits per heavy atom. The van der Waals surface area contributed by atoms with E-state index in [-0.39, 0.29) is 23.8 Å². The van der Waals surface area contributed by atoms with Crippen LogP contribution in [0.25, 0.3) is 10.2 Å². The lowest BCUT2D eigenvalue weighted by atomic mass is 9.92. The van der Waals surface area contributed by atoms with Crippen molar-refractivity contribution < 1.29 is 9.53 Å². The molecule has 0 fully saturated rings. The zero-order chi connectivity index (χ0) is 27.9. The fourth-order valence-electron chi connectivity index (χ4n) is 3.82. The van der Waals surface area contributed by atoms with Crippen LogP contribution in [0.5, 0.6) is 5.75 Å². The van der Waals surface area contributed by atoms with E-state index in [1.807, 2.05) is 70.2 Å². The molecule has 0 saturated carbocycles. The monoisotopic (exact) mass is 549 g/mol. The van der Waals surface area contributed by atoms with Gasteiger partial charge in [-0.3, -0.25) is 10.2 Å². The first-order valence-electron chi connectivity index (χ1n) is 13.3. The van der Waals surface area contributed by atoms with Crippen molar-refractivity contribution in [3.05, 3.63) is 94.5 Å². The van der Waals surface area contributed by atoms with Crippen LogP contribution in [0.15, 0.2) is 72.8 Å². The molecule has 7 nitrogen and oxygen atoms in total. The van der Waals surface area contributed by atoms with Crippen molar-refractivity contribution in [1.29, 1.82) is 5.41 Å². The second-order valence-electron chi connectivity index (χ2n) is 8.15. The maximum absolute atomic E-state index is 11.0. The standard InChI is InChI=1S/C27H28N4O2S.2C2H6.H3N/c1-18(32)30-13-6-14-33-22-11-12-24-25(17-22)34-27(31-24)23(20-8-3-2-4-9-20)16-19-7-5-10-21(15-19)26(28)29;2*1-2;/h2-5,7-12,15,17,23H,6,13-14,16H2,1H3,(H3,28,29)(H,30,32);2*1-2H3;1H3. The molecule has 4 rings (SSSR count). The van der Waals surface area contributed by atoms with Crippen LogP contribution in [0, 0.1) is 5.41 Å². The summed E-state index contributed by atoms with van der Waals surface area (Å²) in [5.41, 5.74) is 9.70. The predicted octanol–water partition coefficient (Wildman–Crippen LogP) is 7.07. The molecule has 0 bridgehead atoms. The molecular formula is C31H43N5O2S. The minimum Gasteiger partial charge on any atom is -0.493 e. The van der Waals surface area contributed by atoms with Crippen LogP contribution in [-0.4, -0.2) is 29.9 Å². The number of nitrogens with one attached hydrogen (secondary N) is 2. The summed E-state index contributed by atoms with van der Waals surface area (Å²) in [5.74, 6) is 0.932. The van der Waals surface area contributed by atoms with Gasteiger partial charge in [0.2, 0.25) is 5.91 Å². The first kappa shape index (κ1) is 33.3. The first-order chi connectivity index (χ1) is 18.5. The Labute approximate surface area is 236 Å². The molecule has 210 valence electrons. The van der Waals surface area contributed by atoms with E-state index in [1.54, 1.807) is 11.3 Å². The topological polar surface area (TPSA) is 136 Å². The van der Waals surface area contributed by atoms with E-state index < -0.39 is 0 Å². The first-order valence-corrected chi connectivity index (χ1v) is 14.1. The van der Waals surface area contributed by atoms with E-state index in [0.29, 0.717) is 13.2 Å². The summed E-state index contributed by atoms with van der Waals surface area (Å²) in [6.07, 6.45) is 1.51. The van der Waals surface area contributed by atoms with Gasteiger partial charge in [0.1, 0.15) is 16.6 Å². The van der Waals surface area contributed by atoms with Crippen molar-refractivity contribution in [3.8, 4) is 5.75 Å². The third kappa shape index (κ3) is 10.1. The van der Waals surface area contributed by atoms with Gasteiger partial charge in [-0.2, -0.15) is 0 Å². The molecule has 1 atom stereocenters. The number of carbonyl (C=O) groups is 1. The SMILES string of the molecule is CC.CC.CC(=O)NCCCOc1ccc2nc(C(Cc3cccc(C(=N)N)c3)c3ccccc3)sc2c1.N. The van der Waals surface area contributed by atoms with Crippen LogP contribution in [-0.2, 0) is 11.2 Å². The number of amidine groups is 1. The molecule has 8 heteroatoms. The Balaban J connectivity index is 0.00000145. The molecule has 39 heavy (non-hydrogen) atoms.